The van der Waals surface area contributed by atoms with Crippen LogP contribution in [0, 0.1) is 0 Å². The summed E-state index contributed by atoms with van der Waals surface area (Å²) in [5, 5.41) is 0. The molecule has 0 aromatic carbocycles. The largest absolute Gasteiger partial charge is 0.497 e. The standard InChI is InChI=1S/C7H19NO3Si/c1-5-7(8)6-11-12(4,9-2)10-3/h7H,5-6,8H2,1-4H3. The Labute approximate surface area is 75.4 Å². The lowest BCUT2D eigenvalue weighted by molar-refractivity contribution is 0.0989. The molecule has 0 aliphatic heterocycles. The van der Waals surface area contributed by atoms with Crippen molar-refractivity contribution in [3.8, 4) is 0 Å². The minimum atomic E-state index is -2.36. The third kappa shape index (κ3) is 4.17. The van der Waals surface area contributed by atoms with Crippen LogP contribution >= 0.6 is 0 Å². The summed E-state index contributed by atoms with van der Waals surface area (Å²) in [4.78, 5) is 0. The van der Waals surface area contributed by atoms with Crippen LogP contribution in [0.25, 0.3) is 0 Å². The second-order valence-electron chi connectivity index (χ2n) is 2.75. The first-order valence-corrected chi connectivity index (χ1v) is 6.30. The van der Waals surface area contributed by atoms with Crippen molar-refractivity contribution in [2.24, 2.45) is 5.73 Å². The second kappa shape index (κ2) is 5.66. The molecule has 74 valence electrons. The Balaban J connectivity index is 3.72. The second-order valence-corrected chi connectivity index (χ2v) is 5.58. The Morgan fingerprint density at radius 3 is 2.17 bits per heavy atom. The molecule has 0 aromatic heterocycles. The van der Waals surface area contributed by atoms with Crippen LogP contribution in [0.5, 0.6) is 0 Å². The van der Waals surface area contributed by atoms with Gasteiger partial charge in [0.05, 0.1) is 6.61 Å². The van der Waals surface area contributed by atoms with E-state index in [1.807, 2.05) is 13.5 Å². The van der Waals surface area contributed by atoms with E-state index < -0.39 is 8.80 Å². The third-order valence-corrected chi connectivity index (χ3v) is 4.00. The molecule has 0 radical (unpaired) electrons. The van der Waals surface area contributed by atoms with Crippen LogP contribution in [0.3, 0.4) is 0 Å². The highest BCUT2D eigenvalue weighted by atomic mass is 28.4. The molecule has 0 amide bonds. The van der Waals surface area contributed by atoms with Gasteiger partial charge in [-0.05, 0) is 6.42 Å². The third-order valence-electron chi connectivity index (χ3n) is 1.83. The fourth-order valence-corrected chi connectivity index (χ4v) is 1.50. The van der Waals surface area contributed by atoms with Gasteiger partial charge in [-0.1, -0.05) is 6.92 Å². The van der Waals surface area contributed by atoms with Crippen LogP contribution in [0.4, 0.5) is 0 Å². The summed E-state index contributed by atoms with van der Waals surface area (Å²) in [5.41, 5.74) is 5.68. The summed E-state index contributed by atoms with van der Waals surface area (Å²) >= 11 is 0. The highest BCUT2D eigenvalue weighted by Crippen LogP contribution is 2.06. The number of hydrogen-bond acceptors (Lipinski definition) is 4. The lowest BCUT2D eigenvalue weighted by atomic mass is 10.3. The van der Waals surface area contributed by atoms with E-state index in [9.17, 15) is 0 Å². The molecular weight excluding hydrogens is 174 g/mol. The molecule has 0 fully saturated rings. The Bertz CT molecular complexity index is 119. The Morgan fingerprint density at radius 1 is 1.33 bits per heavy atom. The fraction of sp³-hybridized carbons (Fsp3) is 1.00. The van der Waals surface area contributed by atoms with Gasteiger partial charge in [0.25, 0.3) is 0 Å². The van der Waals surface area contributed by atoms with Gasteiger partial charge in [0.1, 0.15) is 0 Å². The van der Waals surface area contributed by atoms with Crippen molar-refractivity contribution in [1.29, 1.82) is 0 Å². The highest BCUT2D eigenvalue weighted by Gasteiger charge is 2.32. The van der Waals surface area contributed by atoms with Crippen LogP contribution < -0.4 is 5.73 Å². The average Bonchev–Trinajstić information content (AvgIpc) is 2.13. The molecular formula is C7H19NO3Si. The van der Waals surface area contributed by atoms with Crippen LogP contribution in [-0.2, 0) is 13.3 Å². The van der Waals surface area contributed by atoms with Gasteiger partial charge in [0, 0.05) is 26.8 Å². The highest BCUT2D eigenvalue weighted by molar-refractivity contribution is 6.59. The van der Waals surface area contributed by atoms with Crippen LogP contribution in [0.2, 0.25) is 6.55 Å². The quantitative estimate of drug-likeness (QED) is 0.628. The van der Waals surface area contributed by atoms with E-state index >= 15 is 0 Å². The molecule has 0 rings (SSSR count). The summed E-state index contributed by atoms with van der Waals surface area (Å²) in [6.45, 7) is 4.36. The van der Waals surface area contributed by atoms with Crippen LogP contribution in [0.15, 0.2) is 0 Å². The van der Waals surface area contributed by atoms with Crippen molar-refractivity contribution in [3.63, 3.8) is 0 Å². The lowest BCUT2D eigenvalue weighted by Crippen LogP contribution is -2.43. The minimum absolute atomic E-state index is 0.0714. The van der Waals surface area contributed by atoms with E-state index in [4.69, 9.17) is 19.0 Å². The molecule has 2 N–H and O–H groups in total. The molecule has 0 aliphatic rings. The zero-order chi connectivity index (χ0) is 9.61. The molecule has 1 unspecified atom stereocenters. The number of hydrogen-bond donors (Lipinski definition) is 1. The summed E-state index contributed by atoms with van der Waals surface area (Å²) in [6.07, 6.45) is 0.901. The minimum Gasteiger partial charge on any atom is -0.377 e. The van der Waals surface area contributed by atoms with Crippen LogP contribution in [0.1, 0.15) is 13.3 Å². The first-order valence-electron chi connectivity index (χ1n) is 4.07. The van der Waals surface area contributed by atoms with E-state index in [2.05, 4.69) is 0 Å². The van der Waals surface area contributed by atoms with E-state index in [1.54, 1.807) is 14.2 Å². The number of rotatable bonds is 6. The van der Waals surface area contributed by atoms with E-state index in [1.165, 1.54) is 0 Å². The maximum atomic E-state index is 5.68. The SMILES string of the molecule is CCC(N)CO[Si](C)(OC)OC. The van der Waals surface area contributed by atoms with E-state index in [-0.39, 0.29) is 6.04 Å². The van der Waals surface area contributed by atoms with Crippen molar-refractivity contribution in [2.75, 3.05) is 20.8 Å². The van der Waals surface area contributed by atoms with Crippen molar-refractivity contribution in [3.05, 3.63) is 0 Å². The van der Waals surface area contributed by atoms with Crippen LogP contribution in [-0.4, -0.2) is 35.7 Å². The van der Waals surface area contributed by atoms with Gasteiger partial charge in [-0.2, -0.15) is 0 Å². The van der Waals surface area contributed by atoms with Gasteiger partial charge in [0.15, 0.2) is 0 Å². The van der Waals surface area contributed by atoms with Gasteiger partial charge in [-0.25, -0.2) is 0 Å². The van der Waals surface area contributed by atoms with Gasteiger partial charge in [-0.15, -0.1) is 0 Å². The van der Waals surface area contributed by atoms with Gasteiger partial charge < -0.3 is 19.0 Å². The van der Waals surface area contributed by atoms with Gasteiger partial charge >= 0.3 is 8.80 Å². The molecule has 12 heavy (non-hydrogen) atoms. The topological polar surface area (TPSA) is 53.7 Å². The normalized spacial score (nSPS) is 14.8. The fourth-order valence-electron chi connectivity index (χ4n) is 0.577. The molecule has 0 spiro atoms. The Kier molecular flexibility index (Phi) is 5.69. The smallest absolute Gasteiger partial charge is 0.377 e. The molecule has 0 bridgehead atoms. The van der Waals surface area contributed by atoms with Crippen molar-refractivity contribution >= 4 is 8.80 Å². The Hall–Kier alpha value is 0.0569. The summed E-state index contributed by atoms with van der Waals surface area (Å²) in [6, 6.07) is 0.0714. The maximum absolute atomic E-state index is 5.68. The molecule has 4 nitrogen and oxygen atoms in total. The van der Waals surface area contributed by atoms with Gasteiger partial charge in [0.2, 0.25) is 0 Å². The molecule has 5 heteroatoms. The first kappa shape index (κ1) is 12.1. The van der Waals surface area contributed by atoms with Crippen molar-refractivity contribution in [1.82, 2.24) is 0 Å². The van der Waals surface area contributed by atoms with E-state index in [0.717, 1.165) is 6.42 Å². The Morgan fingerprint density at radius 2 is 1.83 bits per heavy atom. The number of nitrogens with two attached hydrogens (primary N) is 1. The van der Waals surface area contributed by atoms with E-state index in [0.29, 0.717) is 6.61 Å². The molecule has 0 aromatic rings. The molecule has 0 saturated heterocycles. The molecule has 0 heterocycles. The average molecular weight is 193 g/mol. The summed E-state index contributed by atoms with van der Waals surface area (Å²) in [7, 11) is 0.825. The molecule has 0 saturated carbocycles. The zero-order valence-electron chi connectivity index (χ0n) is 8.29. The summed E-state index contributed by atoms with van der Waals surface area (Å²) in [5.74, 6) is 0. The first-order chi connectivity index (χ1) is 5.58. The van der Waals surface area contributed by atoms with Crippen molar-refractivity contribution < 1.29 is 13.3 Å². The predicted molar refractivity (Wildman–Crippen MR) is 49.9 cm³/mol. The lowest BCUT2D eigenvalue weighted by Gasteiger charge is -2.23. The van der Waals surface area contributed by atoms with Gasteiger partial charge in [-0.3, -0.25) is 0 Å². The zero-order valence-corrected chi connectivity index (χ0v) is 9.29. The van der Waals surface area contributed by atoms with Crippen molar-refractivity contribution in [2.45, 2.75) is 25.9 Å². The molecule has 1 atom stereocenters. The monoisotopic (exact) mass is 193 g/mol. The molecule has 0 aliphatic carbocycles. The maximum Gasteiger partial charge on any atom is 0.497 e. The summed E-state index contributed by atoms with van der Waals surface area (Å²) < 4.78 is 15.7. The predicted octanol–water partition coefficient (Wildman–Crippen LogP) is 0.602.